The van der Waals surface area contributed by atoms with Crippen molar-refractivity contribution in [3.63, 3.8) is 0 Å². The molecule has 0 radical (unpaired) electrons. The van der Waals surface area contributed by atoms with E-state index in [4.69, 9.17) is 21.1 Å². The van der Waals surface area contributed by atoms with Crippen LogP contribution < -0.4 is 14.8 Å². The summed E-state index contributed by atoms with van der Waals surface area (Å²) in [6.45, 7) is 0. The number of pyridine rings is 1. The second-order valence-corrected chi connectivity index (χ2v) is 5.00. The SMILES string of the molecule is COc1cc(Cl)c(NC(=O)CCc2ccncc2)cc1OC. The topological polar surface area (TPSA) is 60.5 Å². The van der Waals surface area contributed by atoms with Crippen molar-refractivity contribution in [3.05, 3.63) is 47.2 Å². The summed E-state index contributed by atoms with van der Waals surface area (Å²) < 4.78 is 10.4. The first-order chi connectivity index (χ1) is 10.6. The van der Waals surface area contributed by atoms with Crippen LogP contribution in [0.3, 0.4) is 0 Å². The fraction of sp³-hybridized carbons (Fsp3) is 0.250. The lowest BCUT2D eigenvalue weighted by molar-refractivity contribution is -0.116. The highest BCUT2D eigenvalue weighted by molar-refractivity contribution is 6.34. The number of ether oxygens (including phenoxy) is 2. The van der Waals surface area contributed by atoms with Gasteiger partial charge in [-0.2, -0.15) is 0 Å². The molecule has 0 fully saturated rings. The van der Waals surface area contributed by atoms with E-state index in [0.29, 0.717) is 35.1 Å². The molecule has 0 unspecified atom stereocenters. The monoisotopic (exact) mass is 320 g/mol. The molecule has 0 saturated carbocycles. The first-order valence-corrected chi connectivity index (χ1v) is 7.12. The molecule has 0 saturated heterocycles. The van der Waals surface area contributed by atoms with Crippen LogP contribution >= 0.6 is 11.6 Å². The summed E-state index contributed by atoms with van der Waals surface area (Å²) in [7, 11) is 3.06. The minimum atomic E-state index is -0.120. The molecular formula is C16H17ClN2O3. The van der Waals surface area contributed by atoms with Crippen molar-refractivity contribution >= 4 is 23.2 Å². The number of halogens is 1. The van der Waals surface area contributed by atoms with E-state index in [1.165, 1.54) is 14.2 Å². The Bertz CT molecular complexity index is 647. The van der Waals surface area contributed by atoms with E-state index in [1.54, 1.807) is 24.5 Å². The molecule has 0 bridgehead atoms. The summed E-state index contributed by atoms with van der Waals surface area (Å²) >= 11 is 6.14. The zero-order valence-electron chi connectivity index (χ0n) is 12.4. The highest BCUT2D eigenvalue weighted by Gasteiger charge is 2.12. The average Bonchev–Trinajstić information content (AvgIpc) is 2.55. The molecule has 6 heteroatoms. The van der Waals surface area contributed by atoms with Crippen molar-refractivity contribution in [2.45, 2.75) is 12.8 Å². The Balaban J connectivity index is 2.02. The number of aryl methyl sites for hydroxylation is 1. The van der Waals surface area contributed by atoms with E-state index in [0.717, 1.165) is 5.56 Å². The highest BCUT2D eigenvalue weighted by atomic mass is 35.5. The highest BCUT2D eigenvalue weighted by Crippen LogP contribution is 2.36. The molecule has 5 nitrogen and oxygen atoms in total. The van der Waals surface area contributed by atoms with E-state index >= 15 is 0 Å². The molecule has 1 aromatic heterocycles. The third-order valence-electron chi connectivity index (χ3n) is 3.14. The Hall–Kier alpha value is -2.27. The van der Waals surface area contributed by atoms with Gasteiger partial charge in [-0.15, -0.1) is 0 Å². The smallest absolute Gasteiger partial charge is 0.224 e. The molecule has 116 valence electrons. The minimum absolute atomic E-state index is 0.120. The Kier molecular flexibility index (Phi) is 5.61. The van der Waals surface area contributed by atoms with Crippen LogP contribution in [0, 0.1) is 0 Å². The van der Waals surface area contributed by atoms with Gasteiger partial charge in [0.25, 0.3) is 0 Å². The summed E-state index contributed by atoms with van der Waals surface area (Å²) in [5.41, 5.74) is 1.56. The van der Waals surface area contributed by atoms with Crippen molar-refractivity contribution in [3.8, 4) is 11.5 Å². The molecule has 2 aromatic rings. The van der Waals surface area contributed by atoms with Crippen molar-refractivity contribution in [1.82, 2.24) is 4.98 Å². The molecule has 1 amide bonds. The maximum absolute atomic E-state index is 12.0. The number of aromatic nitrogens is 1. The predicted octanol–water partition coefficient (Wildman–Crippen LogP) is 3.32. The maximum atomic E-state index is 12.0. The van der Waals surface area contributed by atoms with Gasteiger partial charge in [0.2, 0.25) is 5.91 Å². The maximum Gasteiger partial charge on any atom is 0.224 e. The lowest BCUT2D eigenvalue weighted by atomic mass is 10.1. The fourth-order valence-electron chi connectivity index (χ4n) is 1.97. The summed E-state index contributed by atoms with van der Waals surface area (Å²) in [4.78, 5) is 16.0. The van der Waals surface area contributed by atoms with E-state index < -0.39 is 0 Å². The summed E-state index contributed by atoms with van der Waals surface area (Å²) in [6.07, 6.45) is 4.41. The average molecular weight is 321 g/mol. The summed E-state index contributed by atoms with van der Waals surface area (Å²) in [5.74, 6) is 0.907. The number of hydrogen-bond acceptors (Lipinski definition) is 4. The molecule has 1 heterocycles. The standard InChI is InChI=1S/C16H17ClN2O3/c1-21-14-9-12(17)13(10-15(14)22-2)19-16(20)4-3-11-5-7-18-8-6-11/h5-10H,3-4H2,1-2H3,(H,19,20). The van der Waals surface area contributed by atoms with E-state index in [-0.39, 0.29) is 5.91 Å². The third kappa shape index (κ3) is 4.11. The van der Waals surface area contributed by atoms with Gasteiger partial charge in [-0.25, -0.2) is 0 Å². The van der Waals surface area contributed by atoms with Crippen LogP contribution in [0.25, 0.3) is 0 Å². The normalized spacial score (nSPS) is 10.1. The first kappa shape index (κ1) is 16.1. The number of anilines is 1. The van der Waals surface area contributed by atoms with Gasteiger partial charge in [0.1, 0.15) is 0 Å². The number of amides is 1. The zero-order chi connectivity index (χ0) is 15.9. The second-order valence-electron chi connectivity index (χ2n) is 4.59. The second kappa shape index (κ2) is 7.66. The Morgan fingerprint density at radius 3 is 2.45 bits per heavy atom. The number of nitrogens with one attached hydrogen (secondary N) is 1. The van der Waals surface area contributed by atoms with Crippen molar-refractivity contribution in [1.29, 1.82) is 0 Å². The fourth-order valence-corrected chi connectivity index (χ4v) is 2.17. The van der Waals surface area contributed by atoms with Crippen LogP contribution in [0.4, 0.5) is 5.69 Å². The van der Waals surface area contributed by atoms with Gasteiger partial charge in [-0.05, 0) is 24.1 Å². The number of rotatable bonds is 6. The van der Waals surface area contributed by atoms with Crippen molar-refractivity contribution in [2.24, 2.45) is 0 Å². The minimum Gasteiger partial charge on any atom is -0.493 e. The quantitative estimate of drug-likeness (QED) is 0.887. The Labute approximate surface area is 134 Å². The molecule has 1 aromatic carbocycles. The van der Waals surface area contributed by atoms with Crippen LogP contribution in [0.1, 0.15) is 12.0 Å². The Morgan fingerprint density at radius 2 is 1.82 bits per heavy atom. The molecule has 22 heavy (non-hydrogen) atoms. The van der Waals surface area contributed by atoms with Crippen LogP contribution in [0.15, 0.2) is 36.7 Å². The number of carbonyl (C=O) groups is 1. The van der Waals surface area contributed by atoms with E-state index in [2.05, 4.69) is 10.3 Å². The van der Waals surface area contributed by atoms with Crippen LogP contribution in [0.5, 0.6) is 11.5 Å². The summed E-state index contributed by atoms with van der Waals surface area (Å²) in [5, 5.41) is 3.18. The van der Waals surface area contributed by atoms with Gasteiger partial charge < -0.3 is 14.8 Å². The van der Waals surface area contributed by atoms with Gasteiger partial charge in [0.15, 0.2) is 11.5 Å². The first-order valence-electron chi connectivity index (χ1n) is 6.74. The predicted molar refractivity (Wildman–Crippen MR) is 85.7 cm³/mol. The lowest BCUT2D eigenvalue weighted by Gasteiger charge is -2.12. The van der Waals surface area contributed by atoms with Crippen LogP contribution in [0.2, 0.25) is 5.02 Å². The molecule has 0 atom stereocenters. The molecule has 0 aliphatic heterocycles. The van der Waals surface area contributed by atoms with E-state index in [9.17, 15) is 4.79 Å². The molecule has 0 aliphatic rings. The van der Waals surface area contributed by atoms with Crippen molar-refractivity contribution < 1.29 is 14.3 Å². The molecule has 2 rings (SSSR count). The van der Waals surface area contributed by atoms with E-state index in [1.807, 2.05) is 12.1 Å². The number of benzene rings is 1. The van der Waals surface area contributed by atoms with Gasteiger partial charge in [-0.3, -0.25) is 9.78 Å². The van der Waals surface area contributed by atoms with Crippen LogP contribution in [-0.2, 0) is 11.2 Å². The van der Waals surface area contributed by atoms with Gasteiger partial charge >= 0.3 is 0 Å². The lowest BCUT2D eigenvalue weighted by Crippen LogP contribution is -2.13. The third-order valence-corrected chi connectivity index (χ3v) is 3.45. The van der Waals surface area contributed by atoms with Gasteiger partial charge in [-0.1, -0.05) is 11.6 Å². The number of methoxy groups -OCH3 is 2. The number of hydrogen-bond donors (Lipinski definition) is 1. The molecule has 0 aliphatic carbocycles. The molecule has 1 N–H and O–H groups in total. The number of carbonyl (C=O) groups excluding carboxylic acids is 1. The molecular weight excluding hydrogens is 304 g/mol. The molecule has 0 spiro atoms. The largest absolute Gasteiger partial charge is 0.493 e. The zero-order valence-corrected chi connectivity index (χ0v) is 13.2. The van der Waals surface area contributed by atoms with Gasteiger partial charge in [0, 0.05) is 30.9 Å². The number of nitrogens with zero attached hydrogens (tertiary/aromatic N) is 1. The van der Waals surface area contributed by atoms with Crippen molar-refractivity contribution in [2.75, 3.05) is 19.5 Å². The Morgan fingerprint density at radius 1 is 1.18 bits per heavy atom. The van der Waals surface area contributed by atoms with Gasteiger partial charge in [0.05, 0.1) is 24.9 Å². The summed E-state index contributed by atoms with van der Waals surface area (Å²) in [6, 6.07) is 7.03. The van der Waals surface area contributed by atoms with Crippen LogP contribution in [-0.4, -0.2) is 25.1 Å².